The lowest BCUT2D eigenvalue weighted by molar-refractivity contribution is -0.200. The van der Waals surface area contributed by atoms with Gasteiger partial charge in [0.2, 0.25) is 0 Å². The highest BCUT2D eigenvalue weighted by Crippen LogP contribution is 2.43. The van der Waals surface area contributed by atoms with Crippen molar-refractivity contribution in [3.05, 3.63) is 17.7 Å². The summed E-state index contributed by atoms with van der Waals surface area (Å²) in [6.07, 6.45) is 4.72. The standard InChI is InChI=1S/C14H17N3O5/c1-4-7-9(12(15)19)16-6-17(7)13-11-10(8(5-18)20-13)21-14(2,3)22-11/h1,6,8,10-11,13,18H,5H2,2-3H3,(H2,15,19)/t8-,10-,11-,13?/m1/s1. The van der Waals surface area contributed by atoms with Crippen molar-refractivity contribution in [2.24, 2.45) is 5.73 Å². The zero-order valence-corrected chi connectivity index (χ0v) is 12.2. The third-order valence-corrected chi connectivity index (χ3v) is 3.74. The summed E-state index contributed by atoms with van der Waals surface area (Å²) in [6.45, 7) is 3.34. The maximum Gasteiger partial charge on any atom is 0.270 e. The van der Waals surface area contributed by atoms with Gasteiger partial charge >= 0.3 is 0 Å². The number of aromatic nitrogens is 2. The number of rotatable bonds is 3. The van der Waals surface area contributed by atoms with Gasteiger partial charge in [-0.25, -0.2) is 4.98 Å². The van der Waals surface area contributed by atoms with Crippen molar-refractivity contribution >= 4 is 5.91 Å². The molecule has 1 aromatic heterocycles. The molecule has 0 radical (unpaired) electrons. The van der Waals surface area contributed by atoms with E-state index in [1.807, 2.05) is 0 Å². The molecular formula is C14H17N3O5. The van der Waals surface area contributed by atoms with Gasteiger partial charge in [-0.1, -0.05) is 0 Å². The molecule has 1 amide bonds. The summed E-state index contributed by atoms with van der Waals surface area (Å²) in [5.74, 6) is 0.881. The number of amides is 1. The van der Waals surface area contributed by atoms with Crippen molar-refractivity contribution in [1.29, 1.82) is 0 Å². The fourth-order valence-corrected chi connectivity index (χ4v) is 2.91. The Morgan fingerprint density at radius 1 is 1.55 bits per heavy atom. The SMILES string of the molecule is C#Cc1c(C(N)=O)ncn1C1O[C@H](CO)[C@H]2OC(C)(C)O[C@@H]12. The molecule has 8 heteroatoms. The Kier molecular flexibility index (Phi) is 3.45. The molecule has 2 saturated heterocycles. The summed E-state index contributed by atoms with van der Waals surface area (Å²) in [4.78, 5) is 15.3. The number of primary amides is 1. The highest BCUT2D eigenvalue weighted by atomic mass is 16.8. The number of terminal acetylenes is 1. The van der Waals surface area contributed by atoms with Crippen molar-refractivity contribution in [1.82, 2.24) is 9.55 Å². The molecule has 0 aliphatic carbocycles. The van der Waals surface area contributed by atoms with Crippen molar-refractivity contribution in [3.63, 3.8) is 0 Å². The number of fused-ring (bicyclic) bond motifs is 1. The molecule has 0 spiro atoms. The van der Waals surface area contributed by atoms with E-state index in [0.29, 0.717) is 0 Å². The predicted molar refractivity (Wildman–Crippen MR) is 73.5 cm³/mol. The summed E-state index contributed by atoms with van der Waals surface area (Å²) >= 11 is 0. The number of nitrogens with zero attached hydrogens (tertiary/aromatic N) is 2. The van der Waals surface area contributed by atoms with Gasteiger partial charge in [-0.15, -0.1) is 6.42 Å². The number of carbonyl (C=O) groups excluding carboxylic acids is 1. The van der Waals surface area contributed by atoms with E-state index in [-0.39, 0.29) is 18.0 Å². The van der Waals surface area contributed by atoms with Crippen LogP contribution in [0.3, 0.4) is 0 Å². The second kappa shape index (κ2) is 5.07. The fraction of sp³-hybridized carbons (Fsp3) is 0.571. The van der Waals surface area contributed by atoms with Crippen LogP contribution in [-0.2, 0) is 14.2 Å². The topological polar surface area (TPSA) is 109 Å². The smallest absolute Gasteiger partial charge is 0.270 e. The van der Waals surface area contributed by atoms with E-state index in [9.17, 15) is 9.90 Å². The van der Waals surface area contributed by atoms with Crippen LogP contribution >= 0.6 is 0 Å². The van der Waals surface area contributed by atoms with Gasteiger partial charge in [0.1, 0.15) is 24.0 Å². The van der Waals surface area contributed by atoms with Gasteiger partial charge in [-0.05, 0) is 19.8 Å². The first kappa shape index (κ1) is 15.0. The van der Waals surface area contributed by atoms with Crippen LogP contribution in [0.25, 0.3) is 0 Å². The monoisotopic (exact) mass is 307 g/mol. The van der Waals surface area contributed by atoms with Gasteiger partial charge in [-0.3, -0.25) is 9.36 Å². The fourth-order valence-electron chi connectivity index (χ4n) is 2.91. The number of aliphatic hydroxyl groups excluding tert-OH is 1. The summed E-state index contributed by atoms with van der Waals surface area (Å²) in [5.41, 5.74) is 5.46. The quantitative estimate of drug-likeness (QED) is 0.720. The third kappa shape index (κ3) is 2.19. The Morgan fingerprint density at radius 3 is 2.82 bits per heavy atom. The Labute approximate surface area is 127 Å². The van der Waals surface area contributed by atoms with Crippen molar-refractivity contribution in [3.8, 4) is 12.3 Å². The number of carbonyl (C=O) groups is 1. The Bertz CT molecular complexity index is 647. The molecule has 118 valence electrons. The third-order valence-electron chi connectivity index (χ3n) is 3.74. The molecule has 3 heterocycles. The molecule has 8 nitrogen and oxygen atoms in total. The van der Waals surface area contributed by atoms with E-state index in [4.69, 9.17) is 26.4 Å². The largest absolute Gasteiger partial charge is 0.394 e. The van der Waals surface area contributed by atoms with Gasteiger partial charge in [0, 0.05) is 0 Å². The van der Waals surface area contributed by atoms with E-state index in [1.165, 1.54) is 10.9 Å². The number of ether oxygens (including phenoxy) is 3. The normalized spacial score (nSPS) is 32.6. The lowest BCUT2D eigenvalue weighted by atomic mass is 10.1. The highest BCUT2D eigenvalue weighted by Gasteiger charge is 2.56. The highest BCUT2D eigenvalue weighted by molar-refractivity contribution is 5.93. The molecule has 0 bridgehead atoms. The first-order chi connectivity index (χ1) is 10.4. The van der Waals surface area contributed by atoms with Crippen molar-refractivity contribution < 1.29 is 24.1 Å². The molecule has 2 aliphatic heterocycles. The average Bonchev–Trinajstić information content (AvgIpc) is 3.08. The zero-order valence-electron chi connectivity index (χ0n) is 12.2. The molecule has 0 saturated carbocycles. The number of hydrogen-bond acceptors (Lipinski definition) is 6. The van der Waals surface area contributed by atoms with Crippen molar-refractivity contribution in [2.75, 3.05) is 6.61 Å². The minimum atomic E-state index is -0.797. The lowest BCUT2D eigenvalue weighted by Crippen LogP contribution is -2.31. The minimum Gasteiger partial charge on any atom is -0.394 e. The predicted octanol–water partition coefficient (Wildman–Crippen LogP) is -0.627. The Balaban J connectivity index is 1.99. The molecule has 3 N–H and O–H groups in total. The maximum atomic E-state index is 11.4. The first-order valence-electron chi connectivity index (χ1n) is 6.83. The number of aliphatic hydroxyl groups is 1. The summed E-state index contributed by atoms with van der Waals surface area (Å²) < 4.78 is 18.9. The maximum absolute atomic E-state index is 11.4. The van der Waals surface area contributed by atoms with E-state index < -0.39 is 36.2 Å². The van der Waals surface area contributed by atoms with Crippen LogP contribution in [0.5, 0.6) is 0 Å². The Hall–Kier alpha value is -1.92. The van der Waals surface area contributed by atoms with Crippen LogP contribution in [-0.4, -0.2) is 51.3 Å². The molecule has 1 aromatic rings. The van der Waals surface area contributed by atoms with E-state index in [1.54, 1.807) is 13.8 Å². The van der Waals surface area contributed by atoms with Gasteiger partial charge in [0.15, 0.2) is 17.7 Å². The molecule has 2 aliphatic rings. The zero-order chi connectivity index (χ0) is 16.1. The molecular weight excluding hydrogens is 290 g/mol. The summed E-state index contributed by atoms with van der Waals surface area (Å²) in [7, 11) is 0. The molecule has 0 aromatic carbocycles. The summed E-state index contributed by atoms with van der Waals surface area (Å²) in [5, 5.41) is 9.47. The van der Waals surface area contributed by atoms with E-state index in [2.05, 4.69) is 10.9 Å². The van der Waals surface area contributed by atoms with Gasteiger partial charge in [0.25, 0.3) is 5.91 Å². The lowest BCUT2D eigenvalue weighted by Gasteiger charge is -2.24. The second-order valence-corrected chi connectivity index (χ2v) is 5.67. The minimum absolute atomic E-state index is 0.00623. The van der Waals surface area contributed by atoms with Crippen LogP contribution in [0.4, 0.5) is 0 Å². The van der Waals surface area contributed by atoms with Gasteiger partial charge in [-0.2, -0.15) is 0 Å². The number of nitrogens with two attached hydrogens (primary N) is 1. The first-order valence-corrected chi connectivity index (χ1v) is 6.83. The van der Waals surface area contributed by atoms with Gasteiger partial charge in [0.05, 0.1) is 12.9 Å². The van der Waals surface area contributed by atoms with Gasteiger partial charge < -0.3 is 25.1 Å². The van der Waals surface area contributed by atoms with E-state index >= 15 is 0 Å². The van der Waals surface area contributed by atoms with Crippen LogP contribution < -0.4 is 5.73 Å². The molecule has 3 rings (SSSR count). The van der Waals surface area contributed by atoms with Crippen LogP contribution in [0.2, 0.25) is 0 Å². The summed E-state index contributed by atoms with van der Waals surface area (Å²) in [6, 6.07) is 0. The number of hydrogen-bond donors (Lipinski definition) is 2. The van der Waals surface area contributed by atoms with Crippen LogP contribution in [0, 0.1) is 12.3 Å². The van der Waals surface area contributed by atoms with Crippen LogP contribution in [0.15, 0.2) is 6.33 Å². The van der Waals surface area contributed by atoms with Crippen LogP contribution in [0.1, 0.15) is 36.3 Å². The molecule has 1 unspecified atom stereocenters. The van der Waals surface area contributed by atoms with E-state index in [0.717, 1.165) is 0 Å². The second-order valence-electron chi connectivity index (χ2n) is 5.67. The molecule has 22 heavy (non-hydrogen) atoms. The average molecular weight is 307 g/mol. The molecule has 4 atom stereocenters. The molecule has 2 fully saturated rings. The Morgan fingerprint density at radius 2 is 2.23 bits per heavy atom. The number of imidazole rings is 1. The van der Waals surface area contributed by atoms with Crippen molar-refractivity contribution in [2.45, 2.75) is 44.2 Å².